The number of nitrogens with one attached hydrogen (secondary N) is 1. The first-order valence-electron chi connectivity index (χ1n) is 12.1. The molecule has 1 aliphatic carbocycles. The van der Waals surface area contributed by atoms with E-state index in [2.05, 4.69) is 55.4 Å². The van der Waals surface area contributed by atoms with Crippen molar-refractivity contribution in [3.05, 3.63) is 23.4 Å². The van der Waals surface area contributed by atoms with Crippen LogP contribution in [0.1, 0.15) is 120 Å². The van der Waals surface area contributed by atoms with Crippen molar-refractivity contribution in [1.29, 1.82) is 0 Å². The third-order valence-electron chi connectivity index (χ3n) is 5.26. The normalized spacial score (nSPS) is 13.8. The topological polar surface area (TPSA) is 41.5 Å². The molecule has 1 N–H and O–H groups in total. The molecule has 0 saturated heterocycles. The van der Waals surface area contributed by atoms with E-state index < -0.39 is 0 Å². The zero-order valence-corrected chi connectivity index (χ0v) is 22.4. The number of unbranched alkanes of at least 4 members (excludes halogenated alkanes) is 4. The highest BCUT2D eigenvalue weighted by Gasteiger charge is 2.21. The number of aliphatic imine (C=N–C) groups is 1. The summed E-state index contributed by atoms with van der Waals surface area (Å²) in [6.45, 7) is 19.8. The van der Waals surface area contributed by atoms with Crippen LogP contribution in [0.15, 0.2) is 28.4 Å². The number of rotatable bonds is 7. The van der Waals surface area contributed by atoms with E-state index in [1.54, 1.807) is 0 Å². The Labute approximate surface area is 200 Å². The van der Waals surface area contributed by atoms with Crippen molar-refractivity contribution < 1.29 is 4.79 Å². The van der Waals surface area contributed by atoms with Crippen molar-refractivity contribution in [1.82, 2.24) is 5.32 Å². The van der Waals surface area contributed by atoms with Gasteiger partial charge in [-0.25, -0.2) is 4.99 Å². The molecule has 1 aliphatic rings. The number of carbonyl (C=O) groups is 1. The van der Waals surface area contributed by atoms with Gasteiger partial charge in [0.05, 0.1) is 0 Å². The number of terminal acetylenes is 1. The summed E-state index contributed by atoms with van der Waals surface area (Å²) in [5.74, 6) is 6.33. The molecule has 32 heavy (non-hydrogen) atoms. The van der Waals surface area contributed by atoms with Gasteiger partial charge in [0.1, 0.15) is 5.84 Å². The molecular formula is C29H50N2O. The third kappa shape index (κ3) is 21.0. The first kappa shape index (κ1) is 34.4. The number of nitrogens with zero attached hydrogens (tertiary/aromatic N) is 1. The molecule has 0 aromatic rings. The zero-order chi connectivity index (χ0) is 25.4. The van der Waals surface area contributed by atoms with Gasteiger partial charge >= 0.3 is 0 Å². The summed E-state index contributed by atoms with van der Waals surface area (Å²) in [5.41, 5.74) is 2.99. The Hall–Kier alpha value is -2.26. The summed E-state index contributed by atoms with van der Waals surface area (Å²) in [4.78, 5) is 16.5. The monoisotopic (exact) mass is 442 g/mol. The van der Waals surface area contributed by atoms with Gasteiger partial charge in [-0.15, -0.1) is 24.7 Å². The van der Waals surface area contributed by atoms with Crippen molar-refractivity contribution in [3.8, 4) is 24.7 Å². The van der Waals surface area contributed by atoms with Crippen molar-refractivity contribution in [2.24, 2.45) is 10.9 Å². The Morgan fingerprint density at radius 3 is 1.78 bits per heavy atom. The molecule has 182 valence electrons. The lowest BCUT2D eigenvalue weighted by Crippen LogP contribution is -2.35. The molecule has 1 rings (SSSR count). The molecule has 0 aromatic heterocycles. The Kier molecular flexibility index (Phi) is 26.8. The van der Waals surface area contributed by atoms with Crippen LogP contribution in [0.2, 0.25) is 0 Å². The van der Waals surface area contributed by atoms with E-state index in [9.17, 15) is 4.79 Å². The minimum Gasteiger partial charge on any atom is -0.314 e. The van der Waals surface area contributed by atoms with Gasteiger partial charge in [0.2, 0.25) is 5.91 Å². The zero-order valence-electron chi connectivity index (χ0n) is 22.4. The average Bonchev–Trinajstić information content (AvgIpc) is 2.81. The molecule has 1 amide bonds. The Bertz CT molecular complexity index is 625. The van der Waals surface area contributed by atoms with Crippen LogP contribution < -0.4 is 5.32 Å². The average molecular weight is 443 g/mol. The maximum absolute atomic E-state index is 12.1. The largest absolute Gasteiger partial charge is 0.314 e. The lowest BCUT2D eigenvalue weighted by atomic mass is 9.89. The van der Waals surface area contributed by atoms with Gasteiger partial charge in [-0.1, -0.05) is 77.4 Å². The van der Waals surface area contributed by atoms with E-state index in [0.29, 0.717) is 5.84 Å². The lowest BCUT2D eigenvalue weighted by molar-refractivity contribution is -0.124. The van der Waals surface area contributed by atoms with E-state index in [1.807, 2.05) is 41.5 Å². The number of hydrogen-bond acceptors (Lipinski definition) is 2. The van der Waals surface area contributed by atoms with E-state index >= 15 is 0 Å². The fourth-order valence-electron chi connectivity index (χ4n) is 2.99. The predicted molar refractivity (Wildman–Crippen MR) is 144 cm³/mol. The second-order valence-corrected chi connectivity index (χ2v) is 8.07. The van der Waals surface area contributed by atoms with Gasteiger partial charge in [0.15, 0.2) is 0 Å². The van der Waals surface area contributed by atoms with Crippen molar-refractivity contribution in [3.63, 3.8) is 0 Å². The Morgan fingerprint density at radius 1 is 0.938 bits per heavy atom. The molecule has 3 heteroatoms. The van der Waals surface area contributed by atoms with Gasteiger partial charge in [0, 0.05) is 11.6 Å². The van der Waals surface area contributed by atoms with E-state index in [0.717, 1.165) is 29.7 Å². The van der Waals surface area contributed by atoms with Crippen LogP contribution in [-0.4, -0.2) is 11.7 Å². The van der Waals surface area contributed by atoms with Crippen LogP contribution in [0.25, 0.3) is 0 Å². The summed E-state index contributed by atoms with van der Waals surface area (Å²) >= 11 is 0. The molecule has 0 unspecified atom stereocenters. The number of carbonyl (C=O) groups excluding carboxylic acids is 1. The Balaban J connectivity index is -0.000000534. The number of allylic oxidation sites excluding steroid dienone is 3. The first-order valence-corrected chi connectivity index (χ1v) is 12.1. The number of amides is 1. The van der Waals surface area contributed by atoms with E-state index in [1.165, 1.54) is 51.4 Å². The SMILES string of the molecule is C#C.C=C(C)/C(C)=C(\C)N=C(C)NC(=O)C1CCCCC1.CC#CC.CCCCCCC. The van der Waals surface area contributed by atoms with E-state index in [-0.39, 0.29) is 11.8 Å². The van der Waals surface area contributed by atoms with Crippen molar-refractivity contribution in [2.75, 3.05) is 0 Å². The van der Waals surface area contributed by atoms with Gasteiger partial charge in [0.25, 0.3) is 0 Å². The maximum atomic E-state index is 12.1. The highest BCUT2D eigenvalue weighted by Crippen LogP contribution is 2.23. The van der Waals surface area contributed by atoms with Gasteiger partial charge in [-0.2, -0.15) is 0 Å². The van der Waals surface area contributed by atoms with Crippen LogP contribution in [0.5, 0.6) is 0 Å². The quantitative estimate of drug-likeness (QED) is 0.139. The van der Waals surface area contributed by atoms with E-state index in [4.69, 9.17) is 0 Å². The summed E-state index contributed by atoms with van der Waals surface area (Å²) in [6.07, 6.45) is 20.6. The molecule has 0 bridgehead atoms. The molecule has 0 heterocycles. The smallest absolute Gasteiger partial charge is 0.228 e. The number of amidine groups is 1. The minimum atomic E-state index is 0.127. The van der Waals surface area contributed by atoms with Gasteiger partial charge in [-0.05, 0) is 60.0 Å². The predicted octanol–water partition coefficient (Wildman–Crippen LogP) is 8.23. The number of hydrogen-bond donors (Lipinski definition) is 1. The molecule has 0 aliphatic heterocycles. The second kappa shape index (κ2) is 25.0. The van der Waals surface area contributed by atoms with Crippen LogP contribution in [0.4, 0.5) is 0 Å². The molecule has 0 aromatic carbocycles. The fourth-order valence-corrected chi connectivity index (χ4v) is 2.99. The summed E-state index contributed by atoms with van der Waals surface area (Å²) < 4.78 is 0. The highest BCUT2D eigenvalue weighted by atomic mass is 16.1. The van der Waals surface area contributed by atoms with Crippen LogP contribution in [-0.2, 0) is 4.79 Å². The van der Waals surface area contributed by atoms with Crippen LogP contribution in [0, 0.1) is 30.6 Å². The lowest BCUT2D eigenvalue weighted by Gasteiger charge is -2.20. The highest BCUT2D eigenvalue weighted by molar-refractivity contribution is 5.98. The molecule has 3 nitrogen and oxygen atoms in total. The van der Waals surface area contributed by atoms with Crippen molar-refractivity contribution in [2.45, 2.75) is 120 Å². The standard InChI is InChI=1S/C16H26N2O.C7H16.C4H6.C2H2/c1-11(2)12(3)13(4)17-14(5)18-16(19)15-9-7-6-8-10-15;1-3-5-7-6-4-2;1-3-4-2;1-2/h15H,1,6-10H2,2-5H3,(H,17,18,19);3-7H2,1-2H3;1-2H3;1-2H/b13-12+;;;. The second-order valence-electron chi connectivity index (χ2n) is 8.07. The first-order chi connectivity index (χ1) is 15.2. The molecular weight excluding hydrogens is 392 g/mol. The fraction of sp³-hybridized carbons (Fsp3) is 0.655. The van der Waals surface area contributed by atoms with Crippen LogP contribution in [0.3, 0.4) is 0 Å². The van der Waals surface area contributed by atoms with Gasteiger partial charge in [-0.3, -0.25) is 4.79 Å². The third-order valence-corrected chi connectivity index (χ3v) is 5.26. The summed E-state index contributed by atoms with van der Waals surface area (Å²) in [6, 6.07) is 0. The van der Waals surface area contributed by atoms with Gasteiger partial charge < -0.3 is 5.32 Å². The molecule has 0 radical (unpaired) electrons. The Morgan fingerprint density at radius 2 is 1.41 bits per heavy atom. The van der Waals surface area contributed by atoms with Crippen molar-refractivity contribution >= 4 is 11.7 Å². The summed E-state index contributed by atoms with van der Waals surface area (Å²) in [7, 11) is 0. The molecule has 0 atom stereocenters. The minimum absolute atomic E-state index is 0.127. The summed E-state index contributed by atoms with van der Waals surface area (Å²) in [5, 5.41) is 2.92. The molecule has 1 fully saturated rings. The molecule has 0 spiro atoms. The van der Waals surface area contributed by atoms with Crippen LogP contribution >= 0.6 is 0 Å². The maximum Gasteiger partial charge on any atom is 0.228 e. The molecule has 1 saturated carbocycles.